The van der Waals surface area contributed by atoms with E-state index < -0.39 is 0 Å². The predicted octanol–water partition coefficient (Wildman–Crippen LogP) is 4.75. The molecule has 0 radical (unpaired) electrons. The number of benzene rings is 2. The molecule has 1 atom stereocenters. The highest BCUT2D eigenvalue weighted by Gasteiger charge is 2.13. The molecular weight excluding hydrogens is 314 g/mol. The number of hydrogen-bond donors (Lipinski definition) is 1. The molecule has 128 valence electrons. The van der Waals surface area contributed by atoms with Crippen molar-refractivity contribution >= 4 is 17.7 Å². The zero-order valence-corrected chi connectivity index (χ0v) is 15.7. The highest BCUT2D eigenvalue weighted by molar-refractivity contribution is 7.99. The Morgan fingerprint density at radius 1 is 1.00 bits per heavy atom. The molecule has 0 bridgehead atoms. The number of carbonyl (C=O) groups excluding carboxylic acids is 1. The molecule has 2 aromatic carbocycles. The molecule has 0 aromatic heterocycles. The van der Waals surface area contributed by atoms with Crippen molar-refractivity contribution in [2.45, 2.75) is 51.2 Å². The van der Waals surface area contributed by atoms with Crippen LogP contribution < -0.4 is 5.32 Å². The number of nitrogens with one attached hydrogen (secondary N) is 1. The molecule has 24 heavy (non-hydrogen) atoms. The van der Waals surface area contributed by atoms with Gasteiger partial charge in [0.05, 0.1) is 5.25 Å². The van der Waals surface area contributed by atoms with Gasteiger partial charge in [0.1, 0.15) is 0 Å². The van der Waals surface area contributed by atoms with Crippen LogP contribution in [0.2, 0.25) is 0 Å². The number of aryl methyl sites for hydroxylation is 2. The lowest BCUT2D eigenvalue weighted by Gasteiger charge is -2.14. The molecule has 0 aliphatic rings. The Bertz CT molecular complexity index is 654. The van der Waals surface area contributed by atoms with E-state index >= 15 is 0 Å². The molecular formula is C21H27NOS. The van der Waals surface area contributed by atoms with Gasteiger partial charge in [-0.2, -0.15) is 0 Å². The Morgan fingerprint density at radius 2 is 1.75 bits per heavy atom. The van der Waals surface area contributed by atoms with Gasteiger partial charge in [-0.25, -0.2) is 0 Å². The van der Waals surface area contributed by atoms with Crippen LogP contribution in [0.25, 0.3) is 0 Å². The summed E-state index contributed by atoms with van der Waals surface area (Å²) in [5, 5.41) is 3.05. The van der Waals surface area contributed by atoms with E-state index in [1.54, 1.807) is 11.8 Å². The summed E-state index contributed by atoms with van der Waals surface area (Å²) < 4.78 is 0. The maximum Gasteiger partial charge on any atom is 0.233 e. The lowest BCUT2D eigenvalue weighted by Crippen LogP contribution is -2.30. The first-order valence-corrected chi connectivity index (χ1v) is 9.72. The van der Waals surface area contributed by atoms with Gasteiger partial charge in [-0.1, -0.05) is 62.4 Å². The summed E-state index contributed by atoms with van der Waals surface area (Å²) in [6, 6.07) is 16.9. The second kappa shape index (κ2) is 9.53. The molecule has 1 N–H and O–H groups in total. The Kier molecular flexibility index (Phi) is 7.38. The van der Waals surface area contributed by atoms with Gasteiger partial charge in [0, 0.05) is 12.3 Å². The third kappa shape index (κ3) is 5.41. The topological polar surface area (TPSA) is 29.1 Å². The van der Waals surface area contributed by atoms with E-state index in [1.165, 1.54) is 22.3 Å². The minimum Gasteiger partial charge on any atom is -0.351 e. The fourth-order valence-corrected chi connectivity index (χ4v) is 3.48. The molecule has 0 heterocycles. The van der Waals surface area contributed by atoms with Crippen LogP contribution in [0.15, 0.2) is 48.5 Å². The summed E-state index contributed by atoms with van der Waals surface area (Å²) in [4.78, 5) is 12.4. The number of hydrogen-bond acceptors (Lipinski definition) is 2. The lowest BCUT2D eigenvalue weighted by atomic mass is 10.0. The first kappa shape index (κ1) is 18.6. The van der Waals surface area contributed by atoms with Crippen molar-refractivity contribution in [1.82, 2.24) is 5.32 Å². The Balaban J connectivity index is 1.88. The van der Waals surface area contributed by atoms with Crippen LogP contribution in [-0.2, 0) is 29.9 Å². The van der Waals surface area contributed by atoms with Crippen molar-refractivity contribution in [3.05, 3.63) is 70.8 Å². The molecule has 2 rings (SSSR count). The fraction of sp³-hybridized carbons (Fsp3) is 0.381. The molecule has 2 nitrogen and oxygen atoms in total. The second-order valence-electron chi connectivity index (χ2n) is 5.97. The molecule has 0 saturated heterocycles. The van der Waals surface area contributed by atoms with E-state index in [9.17, 15) is 4.79 Å². The van der Waals surface area contributed by atoms with Gasteiger partial charge >= 0.3 is 0 Å². The average Bonchev–Trinajstić information content (AvgIpc) is 2.64. The normalized spacial score (nSPS) is 12.0. The molecule has 1 amide bonds. The molecule has 0 aliphatic carbocycles. The maximum atomic E-state index is 12.4. The highest BCUT2D eigenvalue weighted by atomic mass is 32.2. The quantitative estimate of drug-likeness (QED) is 0.751. The third-order valence-corrected chi connectivity index (χ3v) is 5.44. The van der Waals surface area contributed by atoms with Crippen LogP contribution >= 0.6 is 11.8 Å². The SMILES string of the molecule is CCc1ccc(CC)c(CNC(=O)[C@@H](C)SCc2ccccc2)c1. The standard InChI is InChI=1S/C21H27NOS/c1-4-17-11-12-19(5-2)20(13-17)14-22-21(23)16(3)24-15-18-9-7-6-8-10-18/h6-13,16H,4-5,14-15H2,1-3H3,(H,22,23)/t16-/m1/s1. The summed E-state index contributed by atoms with van der Waals surface area (Å²) in [6.07, 6.45) is 2.02. The van der Waals surface area contributed by atoms with Gasteiger partial charge in [0.15, 0.2) is 0 Å². The van der Waals surface area contributed by atoms with E-state index in [0.717, 1.165) is 18.6 Å². The zero-order chi connectivity index (χ0) is 17.4. The van der Waals surface area contributed by atoms with Crippen LogP contribution in [-0.4, -0.2) is 11.2 Å². The second-order valence-corrected chi connectivity index (χ2v) is 7.30. The number of rotatable bonds is 8. The molecule has 0 fully saturated rings. The lowest BCUT2D eigenvalue weighted by molar-refractivity contribution is -0.120. The van der Waals surface area contributed by atoms with Gasteiger partial charge in [-0.15, -0.1) is 11.8 Å². The number of amides is 1. The minimum atomic E-state index is -0.0513. The van der Waals surface area contributed by atoms with Gasteiger partial charge in [-0.05, 0) is 42.0 Å². The molecule has 2 aromatic rings. The van der Waals surface area contributed by atoms with E-state index in [0.29, 0.717) is 6.54 Å². The van der Waals surface area contributed by atoms with Crippen molar-refractivity contribution in [1.29, 1.82) is 0 Å². The van der Waals surface area contributed by atoms with Crippen molar-refractivity contribution < 1.29 is 4.79 Å². The Morgan fingerprint density at radius 3 is 2.42 bits per heavy atom. The van der Waals surface area contributed by atoms with E-state index in [2.05, 4.69) is 49.5 Å². The summed E-state index contributed by atoms with van der Waals surface area (Å²) in [5.41, 5.74) is 5.14. The van der Waals surface area contributed by atoms with Crippen LogP contribution in [0.5, 0.6) is 0 Å². The third-order valence-electron chi connectivity index (χ3n) is 4.22. The monoisotopic (exact) mass is 341 g/mol. The highest BCUT2D eigenvalue weighted by Crippen LogP contribution is 2.18. The van der Waals surface area contributed by atoms with Crippen molar-refractivity contribution in [3.8, 4) is 0 Å². The van der Waals surface area contributed by atoms with Gasteiger partial charge in [0.2, 0.25) is 5.91 Å². The van der Waals surface area contributed by atoms with E-state index in [-0.39, 0.29) is 11.2 Å². The van der Waals surface area contributed by atoms with Gasteiger partial charge in [-0.3, -0.25) is 4.79 Å². The minimum absolute atomic E-state index is 0.0513. The Labute approximate surface area is 150 Å². The zero-order valence-electron chi connectivity index (χ0n) is 14.8. The Hall–Kier alpha value is -1.74. The van der Waals surface area contributed by atoms with Gasteiger partial charge in [0.25, 0.3) is 0 Å². The first-order valence-electron chi connectivity index (χ1n) is 8.68. The smallest absolute Gasteiger partial charge is 0.233 e. The van der Waals surface area contributed by atoms with Crippen LogP contribution in [0, 0.1) is 0 Å². The average molecular weight is 342 g/mol. The van der Waals surface area contributed by atoms with Crippen LogP contribution in [0.3, 0.4) is 0 Å². The largest absolute Gasteiger partial charge is 0.351 e. The summed E-state index contributed by atoms with van der Waals surface area (Å²) in [6.45, 7) is 6.91. The van der Waals surface area contributed by atoms with Crippen LogP contribution in [0.4, 0.5) is 0 Å². The maximum absolute atomic E-state index is 12.4. The van der Waals surface area contributed by atoms with Crippen LogP contribution in [0.1, 0.15) is 43.0 Å². The molecule has 0 spiro atoms. The summed E-state index contributed by atoms with van der Waals surface area (Å²) in [7, 11) is 0. The molecule has 3 heteroatoms. The molecule has 0 aliphatic heterocycles. The van der Waals surface area contributed by atoms with E-state index in [1.807, 2.05) is 25.1 Å². The number of carbonyl (C=O) groups is 1. The summed E-state index contributed by atoms with van der Waals surface area (Å²) in [5.74, 6) is 0.973. The van der Waals surface area contributed by atoms with Crippen molar-refractivity contribution in [3.63, 3.8) is 0 Å². The predicted molar refractivity (Wildman–Crippen MR) is 104 cm³/mol. The fourth-order valence-electron chi connectivity index (χ4n) is 2.61. The van der Waals surface area contributed by atoms with E-state index in [4.69, 9.17) is 0 Å². The van der Waals surface area contributed by atoms with Crippen molar-refractivity contribution in [2.75, 3.05) is 0 Å². The molecule has 0 unspecified atom stereocenters. The van der Waals surface area contributed by atoms with Gasteiger partial charge < -0.3 is 5.32 Å². The molecule has 0 saturated carbocycles. The first-order chi connectivity index (χ1) is 11.6. The number of thioether (sulfide) groups is 1. The summed E-state index contributed by atoms with van der Waals surface area (Å²) >= 11 is 1.68. The van der Waals surface area contributed by atoms with Crippen molar-refractivity contribution in [2.24, 2.45) is 0 Å².